The SMILES string of the molecule is CCCNc1cc(N2CCC(CC)C2)nc(C(C)C)n1. The van der Waals surface area contributed by atoms with Gasteiger partial charge in [0.05, 0.1) is 0 Å². The molecule has 2 rings (SSSR count). The van der Waals surface area contributed by atoms with E-state index in [1.54, 1.807) is 0 Å². The quantitative estimate of drug-likeness (QED) is 0.861. The Morgan fingerprint density at radius 1 is 1.35 bits per heavy atom. The minimum Gasteiger partial charge on any atom is -0.370 e. The van der Waals surface area contributed by atoms with Crippen molar-refractivity contribution in [2.45, 2.75) is 52.9 Å². The molecule has 1 aliphatic rings. The molecule has 0 aromatic carbocycles. The Morgan fingerprint density at radius 2 is 2.15 bits per heavy atom. The highest BCUT2D eigenvalue weighted by atomic mass is 15.2. The number of anilines is 2. The van der Waals surface area contributed by atoms with Crippen LogP contribution in [0.25, 0.3) is 0 Å². The second-order valence-electron chi connectivity index (χ2n) is 6.06. The van der Waals surface area contributed by atoms with E-state index in [-0.39, 0.29) is 0 Å². The largest absolute Gasteiger partial charge is 0.370 e. The van der Waals surface area contributed by atoms with Crippen LogP contribution in [0.3, 0.4) is 0 Å². The predicted octanol–water partition coefficient (Wildman–Crippen LogP) is 3.66. The molecule has 1 atom stereocenters. The Balaban J connectivity index is 2.20. The maximum atomic E-state index is 4.77. The third-order valence-corrected chi connectivity index (χ3v) is 3.99. The van der Waals surface area contributed by atoms with E-state index in [0.29, 0.717) is 5.92 Å². The molecule has 1 aromatic heterocycles. The molecule has 0 radical (unpaired) electrons. The van der Waals surface area contributed by atoms with Crippen molar-refractivity contribution in [2.75, 3.05) is 29.9 Å². The van der Waals surface area contributed by atoms with Gasteiger partial charge in [-0.05, 0) is 18.8 Å². The van der Waals surface area contributed by atoms with Gasteiger partial charge in [-0.1, -0.05) is 34.1 Å². The minimum absolute atomic E-state index is 0.363. The molecule has 1 aliphatic heterocycles. The monoisotopic (exact) mass is 276 g/mol. The van der Waals surface area contributed by atoms with Gasteiger partial charge in [0.15, 0.2) is 0 Å². The zero-order valence-electron chi connectivity index (χ0n) is 13.3. The van der Waals surface area contributed by atoms with Crippen molar-refractivity contribution in [1.29, 1.82) is 0 Å². The molecular formula is C16H28N4. The molecule has 1 aromatic rings. The molecule has 4 nitrogen and oxygen atoms in total. The lowest BCUT2D eigenvalue weighted by molar-refractivity contribution is 0.568. The summed E-state index contributed by atoms with van der Waals surface area (Å²) < 4.78 is 0. The molecule has 2 heterocycles. The van der Waals surface area contributed by atoms with Gasteiger partial charge in [0.2, 0.25) is 0 Å². The topological polar surface area (TPSA) is 41.0 Å². The molecule has 4 heteroatoms. The number of hydrogen-bond donors (Lipinski definition) is 1. The molecule has 1 unspecified atom stereocenters. The fourth-order valence-electron chi connectivity index (χ4n) is 2.59. The number of nitrogens with zero attached hydrogens (tertiary/aromatic N) is 3. The van der Waals surface area contributed by atoms with Gasteiger partial charge in [0, 0.05) is 31.6 Å². The van der Waals surface area contributed by atoms with Crippen molar-refractivity contribution < 1.29 is 0 Å². The molecular weight excluding hydrogens is 248 g/mol. The number of aromatic nitrogens is 2. The molecule has 20 heavy (non-hydrogen) atoms. The number of hydrogen-bond acceptors (Lipinski definition) is 4. The summed E-state index contributed by atoms with van der Waals surface area (Å²) in [7, 11) is 0. The van der Waals surface area contributed by atoms with Crippen molar-refractivity contribution in [3.05, 3.63) is 11.9 Å². The maximum absolute atomic E-state index is 4.77. The van der Waals surface area contributed by atoms with E-state index < -0.39 is 0 Å². The molecule has 0 spiro atoms. The molecule has 112 valence electrons. The van der Waals surface area contributed by atoms with Crippen LogP contribution in [0.5, 0.6) is 0 Å². The van der Waals surface area contributed by atoms with Crippen molar-refractivity contribution in [2.24, 2.45) is 5.92 Å². The second-order valence-corrected chi connectivity index (χ2v) is 6.06. The number of rotatable bonds is 6. The van der Waals surface area contributed by atoms with Gasteiger partial charge in [-0.25, -0.2) is 9.97 Å². The van der Waals surface area contributed by atoms with E-state index >= 15 is 0 Å². The summed E-state index contributed by atoms with van der Waals surface area (Å²) in [6.45, 7) is 12.0. The summed E-state index contributed by atoms with van der Waals surface area (Å²) in [4.78, 5) is 11.8. The van der Waals surface area contributed by atoms with E-state index in [1.807, 2.05) is 0 Å². The summed E-state index contributed by atoms with van der Waals surface area (Å²) >= 11 is 0. The molecule has 1 N–H and O–H groups in total. The summed E-state index contributed by atoms with van der Waals surface area (Å²) in [6, 6.07) is 2.11. The molecule has 0 saturated carbocycles. The third-order valence-electron chi connectivity index (χ3n) is 3.99. The Hall–Kier alpha value is -1.32. The van der Waals surface area contributed by atoms with Crippen molar-refractivity contribution in [3.8, 4) is 0 Å². The van der Waals surface area contributed by atoms with E-state index in [1.165, 1.54) is 12.8 Å². The van der Waals surface area contributed by atoms with Crippen molar-refractivity contribution >= 4 is 11.6 Å². The normalized spacial score (nSPS) is 18.9. The zero-order valence-corrected chi connectivity index (χ0v) is 13.3. The van der Waals surface area contributed by atoms with Gasteiger partial charge in [-0.3, -0.25) is 0 Å². The van der Waals surface area contributed by atoms with Crippen molar-refractivity contribution in [3.63, 3.8) is 0 Å². The first-order valence-corrected chi connectivity index (χ1v) is 8.01. The Kier molecular flexibility index (Phi) is 5.21. The summed E-state index contributed by atoms with van der Waals surface area (Å²) in [6.07, 6.45) is 3.66. The van der Waals surface area contributed by atoms with Crippen LogP contribution in [-0.4, -0.2) is 29.6 Å². The highest BCUT2D eigenvalue weighted by Gasteiger charge is 2.23. The molecule has 0 aliphatic carbocycles. The Labute approximate surface area is 123 Å². The van der Waals surface area contributed by atoms with Crippen LogP contribution in [0.4, 0.5) is 11.6 Å². The van der Waals surface area contributed by atoms with Crippen LogP contribution >= 0.6 is 0 Å². The maximum Gasteiger partial charge on any atom is 0.135 e. The Morgan fingerprint density at radius 3 is 2.75 bits per heavy atom. The Bertz CT molecular complexity index is 430. The van der Waals surface area contributed by atoms with Gasteiger partial charge in [0.25, 0.3) is 0 Å². The molecule has 0 amide bonds. The standard InChI is InChI=1S/C16H28N4/c1-5-8-17-14-10-15(19-16(18-14)12(3)4)20-9-7-13(6-2)11-20/h10,12-13H,5-9,11H2,1-4H3,(H,17,18,19). The zero-order chi connectivity index (χ0) is 14.5. The van der Waals surface area contributed by atoms with Gasteiger partial charge in [-0.2, -0.15) is 0 Å². The first kappa shape index (κ1) is 15.1. The first-order chi connectivity index (χ1) is 9.63. The van der Waals surface area contributed by atoms with Gasteiger partial charge in [-0.15, -0.1) is 0 Å². The summed E-state index contributed by atoms with van der Waals surface area (Å²) in [5.41, 5.74) is 0. The first-order valence-electron chi connectivity index (χ1n) is 8.01. The van der Waals surface area contributed by atoms with Gasteiger partial charge in [0.1, 0.15) is 17.5 Å². The van der Waals surface area contributed by atoms with E-state index in [9.17, 15) is 0 Å². The fraction of sp³-hybridized carbons (Fsp3) is 0.750. The lowest BCUT2D eigenvalue weighted by Crippen LogP contribution is -2.22. The van der Waals surface area contributed by atoms with E-state index in [0.717, 1.165) is 49.4 Å². The predicted molar refractivity (Wildman–Crippen MR) is 85.5 cm³/mol. The van der Waals surface area contributed by atoms with Crippen LogP contribution in [-0.2, 0) is 0 Å². The highest BCUT2D eigenvalue weighted by molar-refractivity contribution is 5.50. The molecule has 1 fully saturated rings. The number of nitrogens with one attached hydrogen (secondary N) is 1. The average Bonchev–Trinajstić information content (AvgIpc) is 2.93. The van der Waals surface area contributed by atoms with Gasteiger partial charge < -0.3 is 10.2 Å². The minimum atomic E-state index is 0.363. The lowest BCUT2D eigenvalue weighted by Gasteiger charge is -2.20. The van der Waals surface area contributed by atoms with Crippen LogP contribution < -0.4 is 10.2 Å². The second kappa shape index (κ2) is 6.91. The van der Waals surface area contributed by atoms with Crippen LogP contribution in [0.15, 0.2) is 6.07 Å². The van der Waals surface area contributed by atoms with Gasteiger partial charge >= 0.3 is 0 Å². The van der Waals surface area contributed by atoms with Crippen LogP contribution in [0, 0.1) is 5.92 Å². The van der Waals surface area contributed by atoms with E-state index in [2.05, 4.69) is 49.0 Å². The molecule has 0 bridgehead atoms. The lowest BCUT2D eigenvalue weighted by atomic mass is 10.1. The third kappa shape index (κ3) is 3.62. The van der Waals surface area contributed by atoms with E-state index in [4.69, 9.17) is 4.98 Å². The summed E-state index contributed by atoms with van der Waals surface area (Å²) in [5.74, 6) is 4.20. The summed E-state index contributed by atoms with van der Waals surface area (Å²) in [5, 5.41) is 3.40. The smallest absolute Gasteiger partial charge is 0.135 e. The van der Waals surface area contributed by atoms with Crippen molar-refractivity contribution in [1.82, 2.24) is 9.97 Å². The highest BCUT2D eigenvalue weighted by Crippen LogP contribution is 2.26. The average molecular weight is 276 g/mol. The molecule has 1 saturated heterocycles. The van der Waals surface area contributed by atoms with Crippen LogP contribution in [0.2, 0.25) is 0 Å². The van der Waals surface area contributed by atoms with Crippen LogP contribution in [0.1, 0.15) is 58.7 Å². The fourth-order valence-corrected chi connectivity index (χ4v) is 2.59.